The lowest BCUT2D eigenvalue weighted by molar-refractivity contribution is 0.408. The average Bonchev–Trinajstić information content (AvgIpc) is 2.40. The molecule has 0 amide bonds. The SMILES string of the molecule is CC(C)(C)NCc1cc(Br)cnc1Oc1ccccc1Br. The molecule has 1 aromatic carbocycles. The Hall–Kier alpha value is -0.910. The van der Waals surface area contributed by atoms with E-state index in [2.05, 4.69) is 62.9 Å². The first-order chi connectivity index (χ1) is 9.85. The Morgan fingerprint density at radius 2 is 1.90 bits per heavy atom. The Labute approximate surface area is 142 Å². The van der Waals surface area contributed by atoms with Crippen molar-refractivity contribution in [2.24, 2.45) is 0 Å². The van der Waals surface area contributed by atoms with Gasteiger partial charge >= 0.3 is 0 Å². The predicted octanol–water partition coefficient (Wildman–Crippen LogP) is 5.29. The summed E-state index contributed by atoms with van der Waals surface area (Å²) in [4.78, 5) is 4.39. The third kappa shape index (κ3) is 5.09. The molecule has 0 radical (unpaired) electrons. The second-order valence-corrected chi connectivity index (χ2v) is 7.52. The number of pyridine rings is 1. The van der Waals surface area contributed by atoms with Gasteiger partial charge in [0.1, 0.15) is 5.75 Å². The molecular weight excluding hydrogens is 396 g/mol. The highest BCUT2D eigenvalue weighted by Crippen LogP contribution is 2.31. The first kappa shape index (κ1) is 16.5. The van der Waals surface area contributed by atoms with Crippen molar-refractivity contribution in [2.45, 2.75) is 32.9 Å². The summed E-state index contributed by atoms with van der Waals surface area (Å²) in [6.07, 6.45) is 1.74. The molecule has 0 aliphatic rings. The minimum atomic E-state index is 0.0346. The van der Waals surface area contributed by atoms with Crippen molar-refractivity contribution in [2.75, 3.05) is 0 Å². The zero-order valence-electron chi connectivity index (χ0n) is 12.3. The minimum absolute atomic E-state index is 0.0346. The van der Waals surface area contributed by atoms with E-state index in [9.17, 15) is 0 Å². The van der Waals surface area contributed by atoms with E-state index in [1.165, 1.54) is 0 Å². The van der Waals surface area contributed by atoms with E-state index >= 15 is 0 Å². The second kappa shape index (κ2) is 6.90. The van der Waals surface area contributed by atoms with Crippen molar-refractivity contribution >= 4 is 31.9 Å². The van der Waals surface area contributed by atoms with E-state index in [1.807, 2.05) is 30.3 Å². The molecule has 5 heteroatoms. The fourth-order valence-corrected chi connectivity index (χ4v) is 2.42. The zero-order chi connectivity index (χ0) is 15.5. The Morgan fingerprint density at radius 3 is 2.57 bits per heavy atom. The molecule has 0 atom stereocenters. The van der Waals surface area contributed by atoms with Crippen molar-refractivity contribution in [1.82, 2.24) is 10.3 Å². The van der Waals surface area contributed by atoms with Crippen LogP contribution in [0.25, 0.3) is 0 Å². The van der Waals surface area contributed by atoms with E-state index in [1.54, 1.807) is 6.20 Å². The molecule has 0 fully saturated rings. The van der Waals surface area contributed by atoms with Crippen LogP contribution in [0.4, 0.5) is 0 Å². The average molecular weight is 414 g/mol. The maximum atomic E-state index is 5.94. The van der Waals surface area contributed by atoms with Crippen LogP contribution in [0, 0.1) is 0 Å². The number of hydrogen-bond acceptors (Lipinski definition) is 3. The summed E-state index contributed by atoms with van der Waals surface area (Å²) < 4.78 is 7.79. The topological polar surface area (TPSA) is 34.2 Å². The normalized spacial score (nSPS) is 11.5. The number of nitrogens with zero attached hydrogens (tertiary/aromatic N) is 1. The molecule has 0 unspecified atom stereocenters. The van der Waals surface area contributed by atoms with Crippen LogP contribution in [0.2, 0.25) is 0 Å². The van der Waals surface area contributed by atoms with Gasteiger partial charge in [0.15, 0.2) is 0 Å². The quantitative estimate of drug-likeness (QED) is 0.739. The Balaban J connectivity index is 2.25. The third-order valence-corrected chi connectivity index (χ3v) is 3.83. The standard InChI is InChI=1S/C16H18Br2N2O/c1-16(2,3)20-9-11-8-12(17)10-19-15(11)21-14-7-5-4-6-13(14)18/h4-8,10,20H,9H2,1-3H3. The second-order valence-electron chi connectivity index (χ2n) is 5.75. The Kier molecular flexibility index (Phi) is 5.41. The molecule has 21 heavy (non-hydrogen) atoms. The lowest BCUT2D eigenvalue weighted by atomic mass is 10.1. The third-order valence-electron chi connectivity index (χ3n) is 2.74. The van der Waals surface area contributed by atoms with Gasteiger partial charge < -0.3 is 10.1 Å². The first-order valence-corrected chi connectivity index (χ1v) is 8.25. The van der Waals surface area contributed by atoms with Crippen molar-refractivity contribution < 1.29 is 4.74 Å². The molecule has 1 N–H and O–H groups in total. The number of ether oxygens (including phenoxy) is 1. The molecule has 0 aliphatic carbocycles. The molecule has 112 valence electrons. The van der Waals surface area contributed by atoms with Crippen LogP contribution in [-0.4, -0.2) is 10.5 Å². The Morgan fingerprint density at radius 1 is 1.19 bits per heavy atom. The van der Waals surface area contributed by atoms with Gasteiger partial charge in [-0.2, -0.15) is 0 Å². The molecule has 0 bridgehead atoms. The smallest absolute Gasteiger partial charge is 0.223 e. The van der Waals surface area contributed by atoms with Crippen LogP contribution in [0.5, 0.6) is 11.6 Å². The lowest BCUT2D eigenvalue weighted by Gasteiger charge is -2.21. The number of aromatic nitrogens is 1. The van der Waals surface area contributed by atoms with Gasteiger partial charge in [-0.3, -0.25) is 0 Å². The molecule has 1 heterocycles. The van der Waals surface area contributed by atoms with Crippen molar-refractivity contribution in [1.29, 1.82) is 0 Å². The van der Waals surface area contributed by atoms with Crippen molar-refractivity contribution in [3.8, 4) is 11.6 Å². The van der Waals surface area contributed by atoms with Gasteiger partial charge in [0, 0.05) is 28.3 Å². The van der Waals surface area contributed by atoms with E-state index < -0.39 is 0 Å². The molecule has 0 aliphatic heterocycles. The van der Waals surface area contributed by atoms with Gasteiger partial charge in [-0.05, 0) is 70.8 Å². The van der Waals surface area contributed by atoms with E-state index in [0.29, 0.717) is 12.4 Å². The molecule has 0 spiro atoms. The van der Waals surface area contributed by atoms with Crippen molar-refractivity contribution in [3.63, 3.8) is 0 Å². The summed E-state index contributed by atoms with van der Waals surface area (Å²) in [5, 5.41) is 3.45. The summed E-state index contributed by atoms with van der Waals surface area (Å²) in [6.45, 7) is 7.09. The monoisotopic (exact) mass is 412 g/mol. The summed E-state index contributed by atoms with van der Waals surface area (Å²) in [6, 6.07) is 9.77. The largest absolute Gasteiger partial charge is 0.438 e. The number of benzene rings is 1. The summed E-state index contributed by atoms with van der Waals surface area (Å²) in [5.74, 6) is 1.37. The highest BCUT2D eigenvalue weighted by molar-refractivity contribution is 9.10. The summed E-state index contributed by atoms with van der Waals surface area (Å²) in [5.41, 5.74) is 1.04. The molecule has 1 aromatic heterocycles. The van der Waals surface area contributed by atoms with Crippen LogP contribution in [0.15, 0.2) is 45.5 Å². The maximum absolute atomic E-state index is 5.94. The summed E-state index contributed by atoms with van der Waals surface area (Å²) in [7, 11) is 0. The van der Waals surface area contributed by atoms with Crippen LogP contribution >= 0.6 is 31.9 Å². The number of hydrogen-bond donors (Lipinski definition) is 1. The highest BCUT2D eigenvalue weighted by Gasteiger charge is 2.13. The molecular formula is C16H18Br2N2O. The number of rotatable bonds is 4. The fraction of sp³-hybridized carbons (Fsp3) is 0.312. The van der Waals surface area contributed by atoms with Gasteiger partial charge in [0.05, 0.1) is 4.47 Å². The first-order valence-electron chi connectivity index (χ1n) is 6.67. The number of para-hydroxylation sites is 1. The van der Waals surface area contributed by atoms with Gasteiger partial charge in [-0.15, -0.1) is 0 Å². The molecule has 0 saturated heterocycles. The Bertz CT molecular complexity index is 624. The summed E-state index contributed by atoms with van der Waals surface area (Å²) >= 11 is 6.95. The van der Waals surface area contributed by atoms with Crippen LogP contribution in [0.1, 0.15) is 26.3 Å². The van der Waals surface area contributed by atoms with E-state index in [4.69, 9.17) is 4.74 Å². The predicted molar refractivity (Wildman–Crippen MR) is 92.7 cm³/mol. The van der Waals surface area contributed by atoms with Gasteiger partial charge in [0.2, 0.25) is 5.88 Å². The van der Waals surface area contributed by atoms with Crippen molar-refractivity contribution in [3.05, 3.63) is 51.0 Å². The molecule has 2 rings (SSSR count). The van der Waals surface area contributed by atoms with E-state index in [0.717, 1.165) is 20.3 Å². The van der Waals surface area contributed by atoms with Gasteiger partial charge in [0.25, 0.3) is 0 Å². The molecule has 3 nitrogen and oxygen atoms in total. The minimum Gasteiger partial charge on any atom is -0.438 e. The van der Waals surface area contributed by atoms with Gasteiger partial charge in [-0.25, -0.2) is 4.98 Å². The molecule has 0 saturated carbocycles. The van der Waals surface area contributed by atoms with Crippen LogP contribution < -0.4 is 10.1 Å². The number of halogens is 2. The highest BCUT2D eigenvalue weighted by atomic mass is 79.9. The maximum Gasteiger partial charge on any atom is 0.223 e. The lowest BCUT2D eigenvalue weighted by Crippen LogP contribution is -2.35. The van der Waals surface area contributed by atoms with Crippen LogP contribution in [0.3, 0.4) is 0 Å². The zero-order valence-corrected chi connectivity index (χ0v) is 15.5. The molecule has 2 aromatic rings. The fourth-order valence-electron chi connectivity index (χ4n) is 1.68. The van der Waals surface area contributed by atoms with Gasteiger partial charge in [-0.1, -0.05) is 12.1 Å². The van der Waals surface area contributed by atoms with Crippen LogP contribution in [-0.2, 0) is 6.54 Å². The van der Waals surface area contributed by atoms with E-state index in [-0.39, 0.29) is 5.54 Å². The number of nitrogens with one attached hydrogen (secondary N) is 1.